The van der Waals surface area contributed by atoms with Gasteiger partial charge in [0.2, 0.25) is 0 Å². The van der Waals surface area contributed by atoms with Gasteiger partial charge in [0.05, 0.1) is 0 Å². The summed E-state index contributed by atoms with van der Waals surface area (Å²) >= 11 is 0. The second-order valence-corrected chi connectivity index (χ2v) is 6.85. The lowest BCUT2D eigenvalue weighted by Gasteiger charge is -2.04. The Morgan fingerprint density at radius 2 is 1.95 bits per heavy atom. The molecule has 0 radical (unpaired) electrons. The van der Waals surface area contributed by atoms with Crippen LogP contribution < -0.4 is 11.1 Å². The van der Waals surface area contributed by atoms with E-state index < -0.39 is 9.84 Å². The Hall–Kier alpha value is -2.02. The predicted octanol–water partition coefficient (Wildman–Crippen LogP) is 1.54. The quantitative estimate of drug-likeness (QED) is 0.845. The number of aryl methyl sites for hydroxylation is 2. The van der Waals surface area contributed by atoms with Crippen LogP contribution in [-0.2, 0) is 22.8 Å². The van der Waals surface area contributed by atoms with Crippen LogP contribution in [-0.4, -0.2) is 31.5 Å². The third-order valence-corrected chi connectivity index (χ3v) is 4.38. The van der Waals surface area contributed by atoms with Crippen molar-refractivity contribution in [1.82, 2.24) is 9.78 Å². The second kappa shape index (κ2) is 6.17. The number of benzene rings is 1. The molecule has 0 saturated heterocycles. The highest BCUT2D eigenvalue weighted by atomic mass is 32.2. The van der Waals surface area contributed by atoms with Gasteiger partial charge in [0.15, 0.2) is 20.6 Å². The van der Waals surface area contributed by atoms with Crippen LogP contribution in [0.15, 0.2) is 35.2 Å². The molecular formula is C14H20N4O2S. The Balaban J connectivity index is 2.13. The maximum atomic E-state index is 11.8. The first kappa shape index (κ1) is 15.4. The van der Waals surface area contributed by atoms with E-state index >= 15 is 0 Å². The number of nitrogens with one attached hydrogen (secondary N) is 1. The normalized spacial score (nSPS) is 11.5. The highest BCUT2D eigenvalue weighted by Gasteiger charge is 2.23. The second-order valence-electron chi connectivity index (χ2n) is 4.90. The van der Waals surface area contributed by atoms with Gasteiger partial charge in [0, 0.05) is 19.8 Å². The molecule has 1 aromatic heterocycles. The van der Waals surface area contributed by atoms with Gasteiger partial charge in [-0.05, 0) is 18.4 Å². The van der Waals surface area contributed by atoms with Gasteiger partial charge >= 0.3 is 0 Å². The highest BCUT2D eigenvalue weighted by molar-refractivity contribution is 7.91. The summed E-state index contributed by atoms with van der Waals surface area (Å²) in [6.45, 7) is 0.574. The van der Waals surface area contributed by atoms with Crippen LogP contribution in [0.1, 0.15) is 12.0 Å². The Morgan fingerprint density at radius 3 is 2.48 bits per heavy atom. The molecule has 21 heavy (non-hydrogen) atoms. The topological polar surface area (TPSA) is 90.0 Å². The van der Waals surface area contributed by atoms with E-state index in [0.29, 0.717) is 12.4 Å². The molecule has 6 nitrogen and oxygen atoms in total. The third kappa shape index (κ3) is 3.55. The van der Waals surface area contributed by atoms with Crippen molar-refractivity contribution in [2.45, 2.75) is 24.3 Å². The lowest BCUT2D eigenvalue weighted by molar-refractivity contribution is 0.585. The van der Waals surface area contributed by atoms with E-state index in [9.17, 15) is 8.42 Å². The maximum absolute atomic E-state index is 11.8. The molecule has 0 bridgehead atoms. The molecule has 0 unspecified atom stereocenters. The van der Waals surface area contributed by atoms with Crippen molar-refractivity contribution >= 4 is 21.5 Å². The zero-order chi connectivity index (χ0) is 15.5. The zero-order valence-corrected chi connectivity index (χ0v) is 13.0. The fraction of sp³-hybridized carbons (Fsp3) is 0.357. The highest BCUT2D eigenvalue weighted by Crippen LogP contribution is 2.26. The first-order chi connectivity index (χ1) is 9.93. The number of anilines is 2. The maximum Gasteiger partial charge on any atom is 0.182 e. The summed E-state index contributed by atoms with van der Waals surface area (Å²) in [4.78, 5) is 0.0738. The summed E-state index contributed by atoms with van der Waals surface area (Å²) in [5, 5.41) is 7.01. The molecule has 0 amide bonds. The predicted molar refractivity (Wildman–Crippen MR) is 84.1 cm³/mol. The third-order valence-electron chi connectivity index (χ3n) is 3.23. The van der Waals surface area contributed by atoms with Gasteiger partial charge in [-0.25, -0.2) is 13.1 Å². The molecule has 0 spiro atoms. The van der Waals surface area contributed by atoms with Crippen LogP contribution in [0.4, 0.5) is 11.6 Å². The number of aromatic nitrogens is 2. The standard InChI is InChI=1S/C14H20N4O2S/c1-16-14-12(21(2,19)20)13(15)18(17-14)10-6-9-11-7-4-3-5-8-11/h3-5,7-8H,6,9-10,15H2,1-2H3,(H,16,17). The molecule has 7 heteroatoms. The first-order valence-electron chi connectivity index (χ1n) is 6.71. The molecule has 114 valence electrons. The monoisotopic (exact) mass is 308 g/mol. The Labute approximate surface area is 124 Å². The van der Waals surface area contributed by atoms with Gasteiger partial charge in [-0.15, -0.1) is 0 Å². The molecule has 0 saturated carbocycles. The summed E-state index contributed by atoms with van der Waals surface area (Å²) < 4.78 is 25.1. The molecule has 2 aromatic rings. The minimum absolute atomic E-state index is 0.0738. The van der Waals surface area contributed by atoms with E-state index in [2.05, 4.69) is 22.5 Å². The van der Waals surface area contributed by atoms with Crippen molar-refractivity contribution in [3.8, 4) is 0 Å². The molecule has 1 heterocycles. The van der Waals surface area contributed by atoms with Crippen LogP contribution in [0.25, 0.3) is 0 Å². The van der Waals surface area contributed by atoms with Gasteiger partial charge in [0.1, 0.15) is 5.82 Å². The molecular weight excluding hydrogens is 288 g/mol. The summed E-state index contributed by atoms with van der Waals surface area (Å²) in [7, 11) is -1.77. The van der Waals surface area contributed by atoms with E-state index in [-0.39, 0.29) is 10.7 Å². The largest absolute Gasteiger partial charge is 0.383 e. The Kier molecular flexibility index (Phi) is 4.52. The fourth-order valence-electron chi connectivity index (χ4n) is 2.24. The zero-order valence-electron chi connectivity index (χ0n) is 12.2. The van der Waals surface area contributed by atoms with Gasteiger partial charge in [-0.2, -0.15) is 5.10 Å². The van der Waals surface area contributed by atoms with Crippen molar-refractivity contribution in [1.29, 1.82) is 0 Å². The molecule has 0 atom stereocenters. The van der Waals surface area contributed by atoms with Crippen LogP contribution in [0.5, 0.6) is 0 Å². The van der Waals surface area contributed by atoms with Crippen molar-refractivity contribution < 1.29 is 8.42 Å². The molecule has 1 aromatic carbocycles. The number of nitrogen functional groups attached to an aromatic ring is 1. The lowest BCUT2D eigenvalue weighted by atomic mass is 10.1. The number of nitrogens with zero attached hydrogens (tertiary/aromatic N) is 2. The van der Waals surface area contributed by atoms with Crippen LogP contribution in [0.2, 0.25) is 0 Å². The van der Waals surface area contributed by atoms with E-state index in [1.165, 1.54) is 5.56 Å². The minimum Gasteiger partial charge on any atom is -0.383 e. The number of sulfone groups is 1. The summed E-state index contributed by atoms with van der Waals surface area (Å²) in [6, 6.07) is 10.1. The minimum atomic E-state index is -3.40. The van der Waals surface area contributed by atoms with Crippen molar-refractivity contribution in [2.24, 2.45) is 0 Å². The Bertz CT molecular complexity index is 708. The smallest absolute Gasteiger partial charge is 0.182 e. The molecule has 0 aliphatic rings. The number of nitrogens with two attached hydrogens (primary N) is 1. The molecule has 0 fully saturated rings. The number of hydrogen-bond donors (Lipinski definition) is 2. The molecule has 3 N–H and O–H groups in total. The first-order valence-corrected chi connectivity index (χ1v) is 8.60. The SMILES string of the molecule is CNc1nn(CCCc2ccccc2)c(N)c1S(C)(=O)=O. The number of hydrogen-bond acceptors (Lipinski definition) is 5. The van der Waals surface area contributed by atoms with Crippen LogP contribution in [0, 0.1) is 0 Å². The molecule has 2 rings (SSSR count). The Morgan fingerprint density at radius 1 is 1.29 bits per heavy atom. The lowest BCUT2D eigenvalue weighted by Crippen LogP contribution is -2.08. The summed E-state index contributed by atoms with van der Waals surface area (Å²) in [6.07, 6.45) is 2.86. The van der Waals surface area contributed by atoms with E-state index in [0.717, 1.165) is 19.1 Å². The average molecular weight is 308 g/mol. The van der Waals surface area contributed by atoms with Gasteiger partial charge in [0.25, 0.3) is 0 Å². The van der Waals surface area contributed by atoms with E-state index in [4.69, 9.17) is 5.73 Å². The summed E-state index contributed by atoms with van der Waals surface area (Å²) in [5.74, 6) is 0.490. The summed E-state index contributed by atoms with van der Waals surface area (Å²) in [5.41, 5.74) is 7.16. The molecule has 0 aliphatic heterocycles. The average Bonchev–Trinajstić information content (AvgIpc) is 2.76. The van der Waals surface area contributed by atoms with E-state index in [1.54, 1.807) is 11.7 Å². The van der Waals surface area contributed by atoms with Crippen LogP contribution >= 0.6 is 0 Å². The van der Waals surface area contributed by atoms with Crippen molar-refractivity contribution in [3.05, 3.63) is 35.9 Å². The van der Waals surface area contributed by atoms with Crippen molar-refractivity contribution in [3.63, 3.8) is 0 Å². The van der Waals surface area contributed by atoms with Crippen LogP contribution in [0.3, 0.4) is 0 Å². The van der Waals surface area contributed by atoms with Gasteiger partial charge in [-0.1, -0.05) is 30.3 Å². The molecule has 0 aliphatic carbocycles. The fourth-order valence-corrected chi connectivity index (χ4v) is 3.22. The van der Waals surface area contributed by atoms with E-state index in [1.807, 2.05) is 18.2 Å². The van der Waals surface area contributed by atoms with Gasteiger partial charge in [-0.3, -0.25) is 0 Å². The van der Waals surface area contributed by atoms with Gasteiger partial charge < -0.3 is 11.1 Å². The number of rotatable bonds is 6. The van der Waals surface area contributed by atoms with Crippen molar-refractivity contribution in [2.75, 3.05) is 24.4 Å².